The van der Waals surface area contributed by atoms with E-state index in [0.717, 1.165) is 11.1 Å². The van der Waals surface area contributed by atoms with Gasteiger partial charge in [-0.15, -0.1) is 0 Å². The van der Waals surface area contributed by atoms with Crippen molar-refractivity contribution in [3.8, 4) is 0 Å². The maximum Gasteiger partial charge on any atom is 0.269 e. The van der Waals surface area contributed by atoms with Crippen molar-refractivity contribution in [2.45, 2.75) is 12.5 Å². The number of benzene rings is 1. The molecular formula is C15H16N2O4S. The lowest BCUT2D eigenvalue weighted by Crippen LogP contribution is -2.30. The third-order valence-corrected chi connectivity index (χ3v) is 3.90. The largest absolute Gasteiger partial charge is 0.375 e. The fraction of sp³-hybridized carbons (Fsp3) is 0.267. The lowest BCUT2D eigenvalue weighted by Gasteiger charge is -2.15. The van der Waals surface area contributed by atoms with E-state index >= 15 is 0 Å². The lowest BCUT2D eigenvalue weighted by molar-refractivity contribution is -0.384. The van der Waals surface area contributed by atoms with Crippen molar-refractivity contribution in [3.05, 3.63) is 62.3 Å². The molecule has 1 atom stereocenters. The fourth-order valence-electron chi connectivity index (χ4n) is 1.99. The average Bonchev–Trinajstić information content (AvgIpc) is 3.02. The van der Waals surface area contributed by atoms with Gasteiger partial charge in [-0.2, -0.15) is 11.3 Å². The number of carbonyl (C=O) groups excluding carboxylic acids is 1. The van der Waals surface area contributed by atoms with E-state index in [1.807, 2.05) is 16.8 Å². The molecule has 0 fully saturated rings. The molecule has 0 aliphatic rings. The van der Waals surface area contributed by atoms with Gasteiger partial charge in [0.25, 0.3) is 5.69 Å². The summed E-state index contributed by atoms with van der Waals surface area (Å²) in [5.74, 6) is -0.147. The van der Waals surface area contributed by atoms with Crippen molar-refractivity contribution in [3.63, 3.8) is 0 Å². The summed E-state index contributed by atoms with van der Waals surface area (Å²) in [7, 11) is 1.60. The highest BCUT2D eigenvalue weighted by Crippen LogP contribution is 2.18. The number of nitrogens with one attached hydrogen (secondary N) is 1. The molecule has 0 aliphatic carbocycles. The molecule has 7 heteroatoms. The van der Waals surface area contributed by atoms with Crippen LogP contribution in [0.4, 0.5) is 5.69 Å². The number of non-ortho nitro benzene ring substituents is 1. The Bertz CT molecular complexity index is 626. The summed E-state index contributed by atoms with van der Waals surface area (Å²) in [5.41, 5.74) is 1.77. The van der Waals surface area contributed by atoms with Gasteiger partial charge in [-0.05, 0) is 28.0 Å². The van der Waals surface area contributed by atoms with Crippen LogP contribution in [0.25, 0.3) is 0 Å². The third kappa shape index (κ3) is 4.37. The Balaban J connectivity index is 1.86. The molecule has 1 heterocycles. The van der Waals surface area contributed by atoms with E-state index in [2.05, 4.69) is 5.32 Å². The summed E-state index contributed by atoms with van der Waals surface area (Å²) < 4.78 is 5.35. The van der Waals surface area contributed by atoms with Crippen LogP contribution >= 0.6 is 11.3 Å². The molecule has 0 radical (unpaired) electrons. The average molecular weight is 320 g/mol. The zero-order chi connectivity index (χ0) is 15.9. The van der Waals surface area contributed by atoms with Gasteiger partial charge < -0.3 is 10.1 Å². The van der Waals surface area contributed by atoms with Crippen LogP contribution in [-0.4, -0.2) is 24.5 Å². The second kappa shape index (κ2) is 7.67. The molecular weight excluding hydrogens is 304 g/mol. The van der Waals surface area contributed by atoms with Crippen molar-refractivity contribution in [2.75, 3.05) is 13.7 Å². The second-order valence-electron chi connectivity index (χ2n) is 4.69. The van der Waals surface area contributed by atoms with Gasteiger partial charge in [0.1, 0.15) is 6.10 Å². The minimum Gasteiger partial charge on any atom is -0.375 e. The summed E-state index contributed by atoms with van der Waals surface area (Å²) in [4.78, 5) is 22.0. The van der Waals surface area contributed by atoms with E-state index in [1.165, 1.54) is 12.1 Å². The maximum absolute atomic E-state index is 11.9. The summed E-state index contributed by atoms with van der Waals surface area (Å²) in [6.45, 7) is 0.388. The van der Waals surface area contributed by atoms with Crippen molar-refractivity contribution in [1.82, 2.24) is 5.32 Å². The number of hydrogen-bond acceptors (Lipinski definition) is 5. The van der Waals surface area contributed by atoms with E-state index in [4.69, 9.17) is 4.74 Å². The van der Waals surface area contributed by atoms with Gasteiger partial charge in [0.2, 0.25) is 5.91 Å². The van der Waals surface area contributed by atoms with E-state index in [9.17, 15) is 14.9 Å². The van der Waals surface area contributed by atoms with E-state index in [1.54, 1.807) is 30.6 Å². The predicted octanol–water partition coefficient (Wildman–Crippen LogP) is 2.70. The number of nitro groups is 1. The maximum atomic E-state index is 11.9. The number of methoxy groups -OCH3 is 1. The highest BCUT2D eigenvalue weighted by atomic mass is 32.1. The summed E-state index contributed by atoms with van der Waals surface area (Å²) in [6.07, 6.45) is 0.00462. The Morgan fingerprint density at radius 3 is 2.64 bits per heavy atom. The van der Waals surface area contributed by atoms with Crippen LogP contribution in [0.3, 0.4) is 0 Å². The van der Waals surface area contributed by atoms with Gasteiger partial charge in [-0.25, -0.2) is 0 Å². The van der Waals surface area contributed by atoms with Crippen LogP contribution in [0, 0.1) is 10.1 Å². The topological polar surface area (TPSA) is 81.5 Å². The molecule has 0 saturated heterocycles. The first-order valence-corrected chi connectivity index (χ1v) is 7.59. The Kier molecular flexibility index (Phi) is 5.62. The van der Waals surface area contributed by atoms with Crippen molar-refractivity contribution in [1.29, 1.82) is 0 Å². The Morgan fingerprint density at radius 1 is 1.36 bits per heavy atom. The second-order valence-corrected chi connectivity index (χ2v) is 5.47. The van der Waals surface area contributed by atoms with Gasteiger partial charge in [-0.3, -0.25) is 14.9 Å². The molecule has 1 amide bonds. The number of amides is 1. The van der Waals surface area contributed by atoms with Crippen molar-refractivity contribution < 1.29 is 14.5 Å². The number of rotatable bonds is 7. The molecule has 0 aliphatic heterocycles. The molecule has 0 bridgehead atoms. The van der Waals surface area contributed by atoms with Crippen LogP contribution in [0.1, 0.15) is 17.2 Å². The minimum absolute atomic E-state index is 0.0149. The quantitative estimate of drug-likeness (QED) is 0.628. The zero-order valence-corrected chi connectivity index (χ0v) is 12.8. The Labute approximate surface area is 131 Å². The van der Waals surface area contributed by atoms with Crippen LogP contribution < -0.4 is 5.32 Å². The van der Waals surface area contributed by atoms with Gasteiger partial charge in [-0.1, -0.05) is 12.1 Å². The summed E-state index contributed by atoms with van der Waals surface area (Å²) in [6, 6.07) is 7.92. The number of carbonyl (C=O) groups is 1. The van der Waals surface area contributed by atoms with Gasteiger partial charge in [0.05, 0.1) is 11.3 Å². The molecule has 0 saturated carbocycles. The van der Waals surface area contributed by atoms with Crippen molar-refractivity contribution >= 4 is 22.9 Å². The van der Waals surface area contributed by atoms with Crippen LogP contribution in [0.15, 0.2) is 41.1 Å². The normalized spacial score (nSPS) is 11.9. The monoisotopic (exact) mass is 320 g/mol. The standard InChI is InChI=1S/C15H16N2O4S/c1-21-14(12-6-7-22-10-12)9-16-15(18)8-11-2-4-13(5-3-11)17(19)20/h2-7,10,14H,8-9H2,1H3,(H,16,18). The zero-order valence-electron chi connectivity index (χ0n) is 12.0. The van der Waals surface area contributed by atoms with Crippen LogP contribution in [0.5, 0.6) is 0 Å². The SMILES string of the molecule is COC(CNC(=O)Cc1ccc([N+](=O)[O-])cc1)c1ccsc1. The van der Waals surface area contributed by atoms with E-state index in [0.29, 0.717) is 6.54 Å². The molecule has 1 aromatic carbocycles. The van der Waals surface area contributed by atoms with Crippen molar-refractivity contribution in [2.24, 2.45) is 0 Å². The Hall–Kier alpha value is -2.25. The lowest BCUT2D eigenvalue weighted by atomic mass is 10.1. The number of nitrogens with zero attached hydrogens (tertiary/aromatic N) is 1. The molecule has 22 heavy (non-hydrogen) atoms. The first kappa shape index (κ1) is 16.1. The molecule has 2 rings (SSSR count). The highest BCUT2D eigenvalue weighted by Gasteiger charge is 2.13. The smallest absolute Gasteiger partial charge is 0.269 e. The minimum atomic E-state index is -0.464. The molecule has 0 spiro atoms. The number of nitro benzene ring substituents is 1. The van der Waals surface area contributed by atoms with Crippen LogP contribution in [0.2, 0.25) is 0 Å². The molecule has 1 aromatic heterocycles. The van der Waals surface area contributed by atoms with Gasteiger partial charge in [0.15, 0.2) is 0 Å². The molecule has 6 nitrogen and oxygen atoms in total. The van der Waals surface area contributed by atoms with Crippen LogP contribution in [-0.2, 0) is 16.0 Å². The number of ether oxygens (including phenoxy) is 1. The molecule has 2 aromatic rings. The summed E-state index contributed by atoms with van der Waals surface area (Å²) in [5, 5.41) is 17.3. The van der Waals surface area contributed by atoms with E-state index in [-0.39, 0.29) is 24.1 Å². The van der Waals surface area contributed by atoms with Gasteiger partial charge >= 0.3 is 0 Å². The molecule has 1 N–H and O–H groups in total. The van der Waals surface area contributed by atoms with E-state index < -0.39 is 4.92 Å². The highest BCUT2D eigenvalue weighted by molar-refractivity contribution is 7.07. The summed E-state index contributed by atoms with van der Waals surface area (Å²) >= 11 is 1.58. The number of thiophene rings is 1. The first-order valence-electron chi connectivity index (χ1n) is 6.65. The number of hydrogen-bond donors (Lipinski definition) is 1. The molecule has 1 unspecified atom stereocenters. The van der Waals surface area contributed by atoms with Gasteiger partial charge in [0, 0.05) is 25.8 Å². The third-order valence-electron chi connectivity index (χ3n) is 3.20. The fourth-order valence-corrected chi connectivity index (χ4v) is 2.69. The predicted molar refractivity (Wildman–Crippen MR) is 83.9 cm³/mol. The Morgan fingerprint density at radius 2 is 2.09 bits per heavy atom. The first-order chi connectivity index (χ1) is 10.6. The molecule has 116 valence electrons.